The highest BCUT2D eigenvalue weighted by molar-refractivity contribution is 7.71. The Morgan fingerprint density at radius 1 is 1.25 bits per heavy atom. The smallest absolute Gasteiger partial charge is 0.200 e. The molecule has 28 heavy (non-hydrogen) atoms. The molecule has 0 fully saturated rings. The van der Waals surface area contributed by atoms with Crippen molar-refractivity contribution in [3.05, 3.63) is 64.9 Å². The molecule has 1 heterocycles. The molecule has 144 valence electrons. The highest BCUT2D eigenvalue weighted by Gasteiger charge is 2.21. The first-order chi connectivity index (χ1) is 13.6. The molecule has 1 atom stereocenters. The lowest BCUT2D eigenvalue weighted by Gasteiger charge is -2.17. The van der Waals surface area contributed by atoms with Gasteiger partial charge in [0.05, 0.1) is 24.0 Å². The average molecular weight is 395 g/mol. The van der Waals surface area contributed by atoms with Crippen molar-refractivity contribution in [2.45, 2.75) is 25.9 Å². The van der Waals surface area contributed by atoms with E-state index in [0.29, 0.717) is 29.2 Å². The number of aromatic amines is 1. The zero-order valence-electron chi connectivity index (χ0n) is 15.4. The highest BCUT2D eigenvalue weighted by atomic mass is 32.1. The van der Waals surface area contributed by atoms with E-state index >= 15 is 0 Å². The molecule has 3 N–H and O–H groups in total. The van der Waals surface area contributed by atoms with Gasteiger partial charge < -0.3 is 14.9 Å². The minimum absolute atomic E-state index is 0.0128. The maximum absolute atomic E-state index is 10.3. The van der Waals surface area contributed by atoms with Gasteiger partial charge in [-0.1, -0.05) is 37.3 Å². The number of hydrogen-bond donors (Lipinski definition) is 3. The SMILES string of the molecule is CCCOc1cccc2c(-n3c(C4=CCC(O)C=C4O)n[nH]c3=S)cccc12. The number of fused-ring (bicyclic) bond motifs is 1. The van der Waals surface area contributed by atoms with Crippen LogP contribution in [0.1, 0.15) is 25.6 Å². The van der Waals surface area contributed by atoms with Crippen LogP contribution in [0.15, 0.2) is 54.3 Å². The Bertz CT molecular complexity index is 1140. The zero-order valence-corrected chi connectivity index (χ0v) is 16.2. The standard InChI is InChI=1S/C21H21N3O3S/c1-2-11-27-19-8-4-5-14-15(19)6-3-7-17(14)24-20(22-23-21(24)28)16-10-9-13(25)12-18(16)26/h3-8,10,12-13,25-26H,2,9,11H2,1H3,(H,23,28). The Labute approximate surface area is 167 Å². The summed E-state index contributed by atoms with van der Waals surface area (Å²) >= 11 is 5.49. The third-order valence-electron chi connectivity index (χ3n) is 4.66. The molecular weight excluding hydrogens is 374 g/mol. The monoisotopic (exact) mass is 395 g/mol. The second-order valence-electron chi connectivity index (χ2n) is 6.64. The van der Waals surface area contributed by atoms with Gasteiger partial charge in [0.2, 0.25) is 0 Å². The predicted octanol–water partition coefficient (Wildman–Crippen LogP) is 4.46. The van der Waals surface area contributed by atoms with Gasteiger partial charge in [-0.05, 0) is 43.3 Å². The van der Waals surface area contributed by atoms with E-state index in [1.165, 1.54) is 6.08 Å². The molecule has 0 saturated carbocycles. The number of H-pyrrole nitrogens is 1. The fourth-order valence-corrected chi connectivity index (χ4v) is 3.62. The van der Waals surface area contributed by atoms with Crippen molar-refractivity contribution < 1.29 is 14.9 Å². The van der Waals surface area contributed by atoms with Gasteiger partial charge in [-0.25, -0.2) is 0 Å². The van der Waals surface area contributed by atoms with Crippen LogP contribution in [0.3, 0.4) is 0 Å². The number of benzene rings is 2. The number of allylic oxidation sites excluding steroid dienone is 1. The molecule has 0 saturated heterocycles. The molecule has 2 aromatic carbocycles. The molecule has 4 rings (SSSR count). The molecule has 1 unspecified atom stereocenters. The fraction of sp³-hybridized carbons (Fsp3) is 0.238. The summed E-state index contributed by atoms with van der Waals surface area (Å²) in [6, 6.07) is 11.8. The van der Waals surface area contributed by atoms with Crippen molar-refractivity contribution >= 4 is 28.6 Å². The summed E-state index contributed by atoms with van der Waals surface area (Å²) in [5, 5.41) is 29.2. The van der Waals surface area contributed by atoms with E-state index in [1.54, 1.807) is 10.6 Å². The van der Waals surface area contributed by atoms with Gasteiger partial charge in [0.25, 0.3) is 0 Å². The topological polar surface area (TPSA) is 83.3 Å². The number of aromatic nitrogens is 3. The van der Waals surface area contributed by atoms with E-state index in [0.717, 1.165) is 28.6 Å². The first kappa shape index (κ1) is 18.5. The number of aliphatic hydroxyl groups is 2. The molecule has 0 amide bonds. The largest absolute Gasteiger partial charge is 0.507 e. The second-order valence-corrected chi connectivity index (χ2v) is 7.02. The van der Waals surface area contributed by atoms with Crippen LogP contribution >= 0.6 is 12.2 Å². The summed E-state index contributed by atoms with van der Waals surface area (Å²) in [6.45, 7) is 2.72. The Hall–Kier alpha value is -2.90. The minimum atomic E-state index is -0.699. The Balaban J connectivity index is 1.90. The van der Waals surface area contributed by atoms with Crippen LogP contribution in [-0.4, -0.2) is 37.7 Å². The van der Waals surface area contributed by atoms with Gasteiger partial charge in [-0.2, -0.15) is 5.10 Å². The van der Waals surface area contributed by atoms with E-state index in [1.807, 2.05) is 36.4 Å². The summed E-state index contributed by atoms with van der Waals surface area (Å²) < 4.78 is 8.12. The quantitative estimate of drug-likeness (QED) is 0.556. The molecule has 1 aliphatic rings. The first-order valence-corrected chi connectivity index (χ1v) is 9.63. The van der Waals surface area contributed by atoms with E-state index < -0.39 is 6.10 Å². The van der Waals surface area contributed by atoms with E-state index in [4.69, 9.17) is 17.0 Å². The summed E-state index contributed by atoms with van der Waals surface area (Å²) in [6.07, 6.45) is 3.82. The van der Waals surface area contributed by atoms with Crippen molar-refractivity contribution in [3.63, 3.8) is 0 Å². The predicted molar refractivity (Wildman–Crippen MR) is 111 cm³/mol. The normalized spacial score (nSPS) is 16.7. The number of nitrogens with zero attached hydrogens (tertiary/aromatic N) is 2. The molecule has 0 radical (unpaired) electrons. The van der Waals surface area contributed by atoms with Crippen LogP contribution in [0.2, 0.25) is 0 Å². The Kier molecular flexibility index (Phi) is 5.02. The molecular formula is C21H21N3O3S. The van der Waals surface area contributed by atoms with Gasteiger partial charge >= 0.3 is 0 Å². The number of aliphatic hydroxyl groups excluding tert-OH is 2. The lowest BCUT2D eigenvalue weighted by Crippen LogP contribution is -2.11. The van der Waals surface area contributed by atoms with Gasteiger partial charge in [0.1, 0.15) is 11.5 Å². The molecule has 0 bridgehead atoms. The van der Waals surface area contributed by atoms with Gasteiger partial charge in [0, 0.05) is 10.8 Å². The van der Waals surface area contributed by atoms with Crippen LogP contribution in [0, 0.1) is 4.77 Å². The summed E-state index contributed by atoms with van der Waals surface area (Å²) in [4.78, 5) is 0. The zero-order chi connectivity index (χ0) is 19.7. The number of rotatable bonds is 5. The van der Waals surface area contributed by atoms with Crippen LogP contribution < -0.4 is 4.74 Å². The minimum Gasteiger partial charge on any atom is -0.507 e. The number of nitrogens with one attached hydrogen (secondary N) is 1. The molecule has 0 spiro atoms. The highest BCUT2D eigenvalue weighted by Crippen LogP contribution is 2.33. The molecule has 6 nitrogen and oxygen atoms in total. The Morgan fingerprint density at radius 2 is 2.04 bits per heavy atom. The fourth-order valence-electron chi connectivity index (χ4n) is 3.39. The van der Waals surface area contributed by atoms with Crippen LogP contribution in [0.5, 0.6) is 5.75 Å². The van der Waals surface area contributed by atoms with Crippen LogP contribution in [-0.2, 0) is 0 Å². The van der Waals surface area contributed by atoms with Gasteiger partial charge in [-0.15, -0.1) is 0 Å². The maximum Gasteiger partial charge on any atom is 0.200 e. The number of ether oxygens (including phenoxy) is 1. The molecule has 1 aromatic heterocycles. The van der Waals surface area contributed by atoms with Crippen molar-refractivity contribution in [1.29, 1.82) is 0 Å². The molecule has 1 aliphatic carbocycles. The lowest BCUT2D eigenvalue weighted by molar-refractivity contribution is 0.219. The average Bonchev–Trinajstić information content (AvgIpc) is 3.07. The molecule has 0 aliphatic heterocycles. The van der Waals surface area contributed by atoms with Gasteiger partial charge in [-0.3, -0.25) is 9.67 Å². The van der Waals surface area contributed by atoms with E-state index in [2.05, 4.69) is 17.1 Å². The summed E-state index contributed by atoms with van der Waals surface area (Å²) in [7, 11) is 0. The molecule has 7 heteroatoms. The lowest BCUT2D eigenvalue weighted by atomic mass is 10.0. The van der Waals surface area contributed by atoms with Crippen LogP contribution in [0.4, 0.5) is 0 Å². The number of hydrogen-bond acceptors (Lipinski definition) is 5. The molecule has 3 aromatic rings. The first-order valence-electron chi connectivity index (χ1n) is 9.22. The summed E-state index contributed by atoms with van der Waals surface area (Å²) in [5.41, 5.74) is 1.38. The second kappa shape index (κ2) is 7.61. The maximum atomic E-state index is 10.3. The van der Waals surface area contributed by atoms with E-state index in [9.17, 15) is 10.2 Å². The third-order valence-corrected chi connectivity index (χ3v) is 4.94. The van der Waals surface area contributed by atoms with Crippen molar-refractivity contribution in [1.82, 2.24) is 14.8 Å². The van der Waals surface area contributed by atoms with Crippen molar-refractivity contribution in [2.75, 3.05) is 6.61 Å². The third kappa shape index (κ3) is 3.23. The summed E-state index contributed by atoms with van der Waals surface area (Å²) in [5.74, 6) is 1.31. The van der Waals surface area contributed by atoms with E-state index in [-0.39, 0.29) is 5.76 Å². The Morgan fingerprint density at radius 3 is 2.82 bits per heavy atom. The van der Waals surface area contributed by atoms with Gasteiger partial charge in [0.15, 0.2) is 10.6 Å². The van der Waals surface area contributed by atoms with Crippen molar-refractivity contribution in [2.24, 2.45) is 0 Å². The van der Waals surface area contributed by atoms with Crippen molar-refractivity contribution in [3.8, 4) is 11.4 Å². The van der Waals surface area contributed by atoms with Crippen LogP contribution in [0.25, 0.3) is 22.0 Å².